The molecule has 1 aliphatic rings. The van der Waals surface area contributed by atoms with Crippen molar-refractivity contribution in [2.24, 2.45) is 0 Å². The Morgan fingerprint density at radius 3 is 2.07 bits per heavy atom. The fourth-order valence-corrected chi connectivity index (χ4v) is 5.64. The topological polar surface area (TPSA) is 87.0 Å². The molecule has 0 unspecified atom stereocenters. The van der Waals surface area contributed by atoms with Gasteiger partial charge in [0.15, 0.2) is 0 Å². The summed E-state index contributed by atoms with van der Waals surface area (Å²) in [4.78, 5) is 4.51. The molecule has 5 nitrogen and oxygen atoms in total. The fourth-order valence-electron chi connectivity index (χ4n) is 4.30. The summed E-state index contributed by atoms with van der Waals surface area (Å²) in [6.07, 6.45) is 12.2. The Morgan fingerprint density at radius 1 is 1.00 bits per heavy atom. The first-order valence-electron chi connectivity index (χ1n) is 10.7. The molecule has 0 spiro atoms. The van der Waals surface area contributed by atoms with Gasteiger partial charge in [-0.15, -0.1) is 11.3 Å². The molecule has 1 fully saturated rings. The van der Waals surface area contributed by atoms with Crippen LogP contribution in [0.4, 0.5) is 0 Å². The molecule has 2 aromatic rings. The first kappa shape index (κ1) is 24.5. The minimum absolute atomic E-state index is 0.312. The average molecular weight is 446 g/mol. The molecule has 1 heterocycles. The number of halogens is 1. The molecule has 29 heavy (non-hydrogen) atoms. The molecule has 3 N–H and O–H groups in total. The summed E-state index contributed by atoms with van der Waals surface area (Å²) >= 11 is 2.06. The molecule has 1 aromatic heterocycles. The number of hydrogen-bond donors (Lipinski definition) is 3. The molecule has 3 rings (SSSR count). The van der Waals surface area contributed by atoms with Crippen LogP contribution in [0.2, 0.25) is 0 Å². The van der Waals surface area contributed by atoms with E-state index in [1.165, 1.54) is 81.0 Å². The van der Waals surface area contributed by atoms with Crippen molar-refractivity contribution < 1.29 is 28.9 Å². The van der Waals surface area contributed by atoms with E-state index in [2.05, 4.69) is 60.4 Å². The van der Waals surface area contributed by atoms with Gasteiger partial charge in [-0.3, -0.25) is 4.90 Å². The van der Waals surface area contributed by atoms with Crippen LogP contribution in [0.1, 0.15) is 76.5 Å². The van der Waals surface area contributed by atoms with E-state index in [0.29, 0.717) is 5.54 Å². The second-order valence-electron chi connectivity index (χ2n) is 7.87. The zero-order valence-electron chi connectivity index (χ0n) is 17.6. The van der Waals surface area contributed by atoms with Crippen LogP contribution in [0.25, 0.3) is 10.1 Å². The zero-order valence-corrected chi connectivity index (χ0v) is 19.2. The van der Waals surface area contributed by atoms with E-state index in [9.17, 15) is 0 Å². The van der Waals surface area contributed by atoms with E-state index in [4.69, 9.17) is 18.6 Å². The third kappa shape index (κ3) is 7.47. The van der Waals surface area contributed by atoms with Gasteiger partial charge >= 0.3 is 28.9 Å². The van der Waals surface area contributed by atoms with Crippen LogP contribution in [-0.4, -0.2) is 32.0 Å². The SMILES string of the molecule is CCCCN(CCCC)C1(c2cc3ccccc3s2)CCCCC1.[O-][Cl+](O)(O)O. The minimum atomic E-state index is -4.19. The second-order valence-corrected chi connectivity index (χ2v) is 9.82. The summed E-state index contributed by atoms with van der Waals surface area (Å²) < 4.78 is 31.7. The number of hydrogen-bond acceptors (Lipinski definition) is 6. The molecule has 0 atom stereocenters. The van der Waals surface area contributed by atoms with E-state index in [0.717, 1.165) is 0 Å². The van der Waals surface area contributed by atoms with Crippen molar-refractivity contribution in [1.29, 1.82) is 0 Å². The molecular formula is C22H36ClNO4S. The third-order valence-corrected chi connectivity index (χ3v) is 7.04. The van der Waals surface area contributed by atoms with Crippen molar-refractivity contribution in [3.05, 3.63) is 35.2 Å². The van der Waals surface area contributed by atoms with Gasteiger partial charge in [0, 0.05) is 9.58 Å². The van der Waals surface area contributed by atoms with E-state index < -0.39 is 10.2 Å². The molecule has 0 aliphatic heterocycles. The predicted octanol–water partition coefficient (Wildman–Crippen LogP) is 4.10. The van der Waals surface area contributed by atoms with Crippen molar-refractivity contribution in [3.8, 4) is 0 Å². The molecule has 166 valence electrons. The molecule has 0 bridgehead atoms. The monoisotopic (exact) mass is 445 g/mol. The molecule has 0 radical (unpaired) electrons. The van der Waals surface area contributed by atoms with Crippen LogP contribution < -0.4 is 4.66 Å². The van der Waals surface area contributed by atoms with Gasteiger partial charge in [0.05, 0.1) is 5.54 Å². The summed E-state index contributed by atoms with van der Waals surface area (Å²) in [7, 11) is -4.19. The Morgan fingerprint density at radius 2 is 1.55 bits per heavy atom. The summed E-state index contributed by atoms with van der Waals surface area (Å²) in [5.74, 6) is 0. The Balaban J connectivity index is 0.000000537. The number of rotatable bonds is 8. The van der Waals surface area contributed by atoms with Gasteiger partial charge in [0.1, 0.15) is 0 Å². The standard InChI is InChI=1S/C22H33NS.ClH3O4/c1-3-5-16-23(17-6-4-2)22(14-10-7-11-15-22)21-18-19-12-8-9-13-20(19)24-21;2-1(3,4)5/h8-9,12-13,18H,3-7,10-11,14-17H2,1-2H3;2-4H. The van der Waals surface area contributed by atoms with Crippen molar-refractivity contribution in [1.82, 2.24) is 4.90 Å². The van der Waals surface area contributed by atoms with Crippen molar-refractivity contribution >= 4 is 21.4 Å². The number of thiophene rings is 1. The Kier molecular flexibility index (Phi) is 9.82. The first-order chi connectivity index (χ1) is 13.8. The number of benzene rings is 1. The molecule has 7 heteroatoms. The summed E-state index contributed by atoms with van der Waals surface area (Å²) in [6, 6.07) is 11.5. The number of fused-ring (bicyclic) bond motifs is 1. The van der Waals surface area contributed by atoms with Crippen LogP contribution in [0.5, 0.6) is 0 Å². The Hall–Kier alpha value is -0.730. The summed E-state index contributed by atoms with van der Waals surface area (Å²) in [5, 5.41) is 1.44. The molecule has 1 saturated carbocycles. The third-order valence-electron chi connectivity index (χ3n) is 5.73. The van der Waals surface area contributed by atoms with Gasteiger partial charge in [-0.25, -0.2) is 0 Å². The van der Waals surface area contributed by atoms with Crippen LogP contribution in [-0.2, 0) is 5.54 Å². The van der Waals surface area contributed by atoms with E-state index in [-0.39, 0.29) is 0 Å². The molecule has 0 saturated heterocycles. The quantitative estimate of drug-likeness (QED) is 0.569. The zero-order chi connectivity index (χ0) is 21.3. The van der Waals surface area contributed by atoms with E-state index in [1.54, 1.807) is 4.88 Å². The second kappa shape index (κ2) is 11.6. The summed E-state index contributed by atoms with van der Waals surface area (Å²) in [6.45, 7) is 7.19. The van der Waals surface area contributed by atoms with Crippen molar-refractivity contribution in [3.63, 3.8) is 0 Å². The molecule has 1 aliphatic carbocycles. The van der Waals surface area contributed by atoms with Gasteiger partial charge in [-0.1, -0.05) is 64.2 Å². The van der Waals surface area contributed by atoms with Gasteiger partial charge < -0.3 is 0 Å². The molecule has 1 aromatic carbocycles. The van der Waals surface area contributed by atoms with Crippen molar-refractivity contribution in [2.75, 3.05) is 13.1 Å². The van der Waals surface area contributed by atoms with Crippen LogP contribution in [0.3, 0.4) is 0 Å². The van der Waals surface area contributed by atoms with Crippen LogP contribution >= 0.6 is 11.3 Å². The van der Waals surface area contributed by atoms with Crippen molar-refractivity contribution in [2.45, 2.75) is 77.2 Å². The van der Waals surface area contributed by atoms with Gasteiger partial charge in [-0.05, 0) is 56.3 Å². The number of unbranched alkanes of at least 4 members (excludes halogenated alkanes) is 2. The Labute approximate surface area is 180 Å². The normalized spacial score (nSPS) is 17.2. The predicted molar refractivity (Wildman–Crippen MR) is 115 cm³/mol. The summed E-state index contributed by atoms with van der Waals surface area (Å²) in [5.41, 5.74) is 0.312. The maximum absolute atomic E-state index is 8.83. The Bertz CT molecular complexity index is 678. The van der Waals surface area contributed by atoms with Crippen LogP contribution in [0.15, 0.2) is 30.3 Å². The van der Waals surface area contributed by atoms with Gasteiger partial charge in [0.25, 0.3) is 0 Å². The first-order valence-corrected chi connectivity index (χ1v) is 12.8. The average Bonchev–Trinajstić information content (AvgIpc) is 3.12. The van der Waals surface area contributed by atoms with Crippen LogP contribution in [0, 0.1) is 10.2 Å². The van der Waals surface area contributed by atoms with E-state index >= 15 is 0 Å². The maximum atomic E-state index is 8.83. The molecular weight excluding hydrogens is 410 g/mol. The van der Waals surface area contributed by atoms with E-state index in [1.807, 2.05) is 0 Å². The fraction of sp³-hybridized carbons (Fsp3) is 0.636. The molecule has 0 amide bonds. The number of nitrogens with zero attached hydrogens (tertiary/aromatic N) is 1. The van der Waals surface area contributed by atoms with Gasteiger partial charge in [-0.2, -0.15) is 0 Å². The van der Waals surface area contributed by atoms with Gasteiger partial charge in [0.2, 0.25) is 0 Å².